The first-order chi connectivity index (χ1) is 9.72. The van der Waals surface area contributed by atoms with Gasteiger partial charge in [-0.1, -0.05) is 30.3 Å². The summed E-state index contributed by atoms with van der Waals surface area (Å²) >= 11 is 3.33. The molecule has 3 nitrogen and oxygen atoms in total. The van der Waals surface area contributed by atoms with Crippen molar-refractivity contribution in [3.8, 4) is 11.3 Å². The average Bonchev–Trinajstić information content (AvgIpc) is 3.09. The van der Waals surface area contributed by atoms with Gasteiger partial charge in [-0.05, 0) is 6.92 Å². The lowest BCUT2D eigenvalue weighted by atomic mass is 10.2. The van der Waals surface area contributed by atoms with Gasteiger partial charge in [-0.2, -0.15) is 0 Å². The third kappa shape index (κ3) is 2.95. The predicted molar refractivity (Wildman–Crippen MR) is 85.0 cm³/mol. The summed E-state index contributed by atoms with van der Waals surface area (Å²) in [4.78, 5) is 10.1. The highest BCUT2D eigenvalue weighted by molar-refractivity contribution is 7.11. The largest absolute Gasteiger partial charge is 0.323 e. The lowest BCUT2D eigenvalue weighted by molar-refractivity contribution is 0.730. The molecule has 2 heterocycles. The molecular weight excluding hydrogens is 286 g/mol. The highest BCUT2D eigenvalue weighted by atomic mass is 32.1. The number of nitrogens with two attached hydrogens (primary N) is 1. The van der Waals surface area contributed by atoms with Gasteiger partial charge in [0.1, 0.15) is 0 Å². The van der Waals surface area contributed by atoms with Gasteiger partial charge in [0.2, 0.25) is 0 Å². The second-order valence-corrected chi connectivity index (χ2v) is 6.79. The van der Waals surface area contributed by atoms with Crippen LogP contribution >= 0.6 is 22.7 Å². The first kappa shape index (κ1) is 13.4. The van der Waals surface area contributed by atoms with Crippen LogP contribution in [-0.4, -0.2) is 9.97 Å². The fourth-order valence-corrected chi connectivity index (χ4v) is 3.63. The van der Waals surface area contributed by atoms with Gasteiger partial charge in [0.15, 0.2) is 0 Å². The van der Waals surface area contributed by atoms with Crippen molar-refractivity contribution in [3.05, 3.63) is 56.8 Å². The molecule has 0 aliphatic rings. The van der Waals surface area contributed by atoms with Gasteiger partial charge in [-0.15, -0.1) is 22.7 Å². The zero-order chi connectivity index (χ0) is 13.9. The van der Waals surface area contributed by atoms with Crippen LogP contribution in [0.25, 0.3) is 11.3 Å². The van der Waals surface area contributed by atoms with Gasteiger partial charge in [-0.25, -0.2) is 9.97 Å². The van der Waals surface area contributed by atoms with E-state index in [1.165, 1.54) is 0 Å². The number of hydrogen-bond donors (Lipinski definition) is 1. The van der Waals surface area contributed by atoms with E-state index in [-0.39, 0.29) is 6.04 Å². The zero-order valence-electron chi connectivity index (χ0n) is 11.1. The quantitative estimate of drug-likeness (QED) is 0.797. The zero-order valence-corrected chi connectivity index (χ0v) is 12.7. The number of benzene rings is 1. The summed E-state index contributed by atoms with van der Waals surface area (Å²) in [5.41, 5.74) is 8.40. The third-order valence-electron chi connectivity index (χ3n) is 3.02. The van der Waals surface area contributed by atoms with Crippen LogP contribution < -0.4 is 5.73 Å². The fourth-order valence-electron chi connectivity index (χ4n) is 1.98. The molecule has 1 unspecified atom stereocenters. The van der Waals surface area contributed by atoms with Crippen LogP contribution in [0.4, 0.5) is 0 Å². The Hall–Kier alpha value is -1.56. The Morgan fingerprint density at radius 1 is 1.25 bits per heavy atom. The van der Waals surface area contributed by atoms with E-state index >= 15 is 0 Å². The van der Waals surface area contributed by atoms with Crippen molar-refractivity contribution in [2.75, 3.05) is 0 Å². The van der Waals surface area contributed by atoms with Crippen LogP contribution in [0, 0.1) is 6.92 Å². The molecule has 3 aromatic rings. The van der Waals surface area contributed by atoms with E-state index in [0.717, 1.165) is 32.6 Å². The van der Waals surface area contributed by atoms with Crippen molar-refractivity contribution < 1.29 is 0 Å². The minimum atomic E-state index is -0.0176. The Morgan fingerprint density at radius 2 is 2.05 bits per heavy atom. The molecule has 20 heavy (non-hydrogen) atoms. The highest BCUT2D eigenvalue weighted by Gasteiger charge is 2.13. The number of nitrogens with zero attached hydrogens (tertiary/aromatic N) is 2. The van der Waals surface area contributed by atoms with Crippen LogP contribution in [0.2, 0.25) is 0 Å². The SMILES string of the molecule is Cc1ncc(C(N)Cc2nc(-c3ccccc3)cs2)s1. The molecule has 0 aliphatic heterocycles. The molecule has 0 saturated carbocycles. The number of thiazole rings is 2. The normalized spacial score (nSPS) is 12.5. The van der Waals surface area contributed by atoms with Crippen LogP contribution in [-0.2, 0) is 6.42 Å². The van der Waals surface area contributed by atoms with Gasteiger partial charge in [0.25, 0.3) is 0 Å². The van der Waals surface area contributed by atoms with Gasteiger partial charge in [-0.3, -0.25) is 0 Å². The average molecular weight is 301 g/mol. The first-order valence-electron chi connectivity index (χ1n) is 6.40. The van der Waals surface area contributed by atoms with Crippen molar-refractivity contribution in [1.82, 2.24) is 9.97 Å². The predicted octanol–water partition coefficient (Wildman–Crippen LogP) is 3.82. The molecule has 0 radical (unpaired) electrons. The summed E-state index contributed by atoms with van der Waals surface area (Å²) in [5.74, 6) is 0. The van der Waals surface area contributed by atoms with Crippen molar-refractivity contribution in [2.45, 2.75) is 19.4 Å². The molecule has 1 aromatic carbocycles. The second-order valence-electron chi connectivity index (χ2n) is 4.58. The van der Waals surface area contributed by atoms with Gasteiger partial charge < -0.3 is 5.73 Å². The summed E-state index contributed by atoms with van der Waals surface area (Å²) in [6.45, 7) is 2.00. The molecule has 1 atom stereocenters. The molecule has 0 saturated heterocycles. The van der Waals surface area contributed by atoms with Crippen molar-refractivity contribution in [2.24, 2.45) is 5.73 Å². The maximum atomic E-state index is 6.23. The third-order valence-corrected chi connectivity index (χ3v) is 4.94. The minimum Gasteiger partial charge on any atom is -0.323 e. The molecule has 0 amide bonds. The molecule has 2 N–H and O–H groups in total. The van der Waals surface area contributed by atoms with Crippen LogP contribution in [0.1, 0.15) is 20.9 Å². The van der Waals surface area contributed by atoms with Gasteiger partial charge >= 0.3 is 0 Å². The Bertz CT molecular complexity index is 688. The summed E-state index contributed by atoms with van der Waals surface area (Å²) in [5, 5.41) is 4.22. The number of rotatable bonds is 4. The smallest absolute Gasteiger partial charge is 0.0951 e. The standard InChI is InChI=1S/C15H15N3S2/c1-10-17-8-14(20-10)12(16)7-15-18-13(9-19-15)11-5-3-2-4-6-11/h2-6,8-9,12H,7,16H2,1H3. The van der Waals surface area contributed by atoms with Crippen LogP contribution in [0.15, 0.2) is 41.9 Å². The second kappa shape index (κ2) is 5.83. The lowest BCUT2D eigenvalue weighted by Gasteiger charge is -2.05. The van der Waals surface area contributed by atoms with E-state index in [2.05, 4.69) is 27.5 Å². The van der Waals surface area contributed by atoms with Gasteiger partial charge in [0.05, 0.1) is 15.7 Å². The van der Waals surface area contributed by atoms with Crippen LogP contribution in [0.3, 0.4) is 0 Å². The fraction of sp³-hybridized carbons (Fsp3) is 0.200. The molecule has 0 bridgehead atoms. The van der Waals surface area contributed by atoms with Gasteiger partial charge in [0, 0.05) is 34.5 Å². The Balaban J connectivity index is 1.74. The Labute approximate surface area is 126 Å². The molecule has 0 fully saturated rings. The summed E-state index contributed by atoms with van der Waals surface area (Å²) in [6, 6.07) is 10.2. The number of aryl methyl sites for hydroxylation is 1. The van der Waals surface area contributed by atoms with E-state index < -0.39 is 0 Å². The molecule has 0 aliphatic carbocycles. The van der Waals surface area contributed by atoms with Crippen molar-refractivity contribution >= 4 is 22.7 Å². The number of aromatic nitrogens is 2. The maximum absolute atomic E-state index is 6.23. The van der Waals surface area contributed by atoms with E-state index in [1.807, 2.05) is 31.3 Å². The highest BCUT2D eigenvalue weighted by Crippen LogP contribution is 2.26. The molecule has 102 valence electrons. The number of hydrogen-bond acceptors (Lipinski definition) is 5. The molecule has 3 rings (SSSR count). The summed E-state index contributed by atoms with van der Waals surface area (Å²) in [7, 11) is 0. The lowest BCUT2D eigenvalue weighted by Crippen LogP contribution is -2.11. The van der Waals surface area contributed by atoms with E-state index in [4.69, 9.17) is 5.73 Å². The maximum Gasteiger partial charge on any atom is 0.0951 e. The molecule has 2 aromatic heterocycles. The molecule has 0 spiro atoms. The monoisotopic (exact) mass is 301 g/mol. The topological polar surface area (TPSA) is 51.8 Å². The van der Waals surface area contributed by atoms with E-state index in [1.54, 1.807) is 22.7 Å². The minimum absolute atomic E-state index is 0.0176. The van der Waals surface area contributed by atoms with E-state index in [0.29, 0.717) is 0 Å². The van der Waals surface area contributed by atoms with Crippen molar-refractivity contribution in [3.63, 3.8) is 0 Å². The summed E-state index contributed by atoms with van der Waals surface area (Å²) in [6.07, 6.45) is 2.63. The first-order valence-corrected chi connectivity index (χ1v) is 8.10. The molecular formula is C15H15N3S2. The molecule has 5 heteroatoms. The van der Waals surface area contributed by atoms with E-state index in [9.17, 15) is 0 Å². The summed E-state index contributed by atoms with van der Waals surface area (Å²) < 4.78 is 0. The van der Waals surface area contributed by atoms with Crippen molar-refractivity contribution in [1.29, 1.82) is 0 Å². The Morgan fingerprint density at radius 3 is 2.75 bits per heavy atom. The van der Waals surface area contributed by atoms with Crippen LogP contribution in [0.5, 0.6) is 0 Å². The Kier molecular flexibility index (Phi) is 3.91.